The number of hydrogen-bond donors (Lipinski definition) is 2. The van der Waals surface area contributed by atoms with Crippen molar-refractivity contribution in [2.45, 2.75) is 32.4 Å². The van der Waals surface area contributed by atoms with Crippen LogP contribution in [-0.2, 0) is 4.79 Å². The van der Waals surface area contributed by atoms with Gasteiger partial charge in [-0.1, -0.05) is 0 Å². The summed E-state index contributed by atoms with van der Waals surface area (Å²) < 4.78 is 0. The third-order valence-electron chi connectivity index (χ3n) is 2.71. The second-order valence-electron chi connectivity index (χ2n) is 4.10. The van der Waals surface area contributed by atoms with E-state index in [1.165, 1.54) is 0 Å². The summed E-state index contributed by atoms with van der Waals surface area (Å²) >= 11 is 0. The number of nitrogens with one attached hydrogen (secondary N) is 1. The smallest absolute Gasteiger partial charge is 0.152 e. The van der Waals surface area contributed by atoms with Gasteiger partial charge >= 0.3 is 0 Å². The van der Waals surface area contributed by atoms with Crippen LogP contribution in [-0.4, -0.2) is 48.9 Å². The fourth-order valence-corrected chi connectivity index (χ4v) is 1.78. The van der Waals surface area contributed by atoms with Crippen molar-refractivity contribution in [2.24, 2.45) is 5.73 Å². The normalized spacial score (nSPS) is 22.6. The Morgan fingerprint density at radius 1 is 1.64 bits per heavy atom. The topological polar surface area (TPSA) is 58.4 Å². The van der Waals surface area contributed by atoms with Gasteiger partial charge in [-0.3, -0.25) is 9.69 Å². The number of Topliss-reactive ketones (excluding diaryl/α,β-unsaturated/α-hetero) is 1. The number of ketones is 1. The molecule has 82 valence electrons. The van der Waals surface area contributed by atoms with Crippen molar-refractivity contribution >= 4 is 5.78 Å². The van der Waals surface area contributed by atoms with Crippen LogP contribution in [0, 0.1) is 0 Å². The zero-order valence-electron chi connectivity index (χ0n) is 9.12. The first-order chi connectivity index (χ1) is 6.65. The summed E-state index contributed by atoms with van der Waals surface area (Å²) in [6.07, 6.45) is 0.680. The molecule has 1 atom stereocenters. The lowest BCUT2D eigenvalue weighted by Crippen LogP contribution is -2.45. The third-order valence-corrected chi connectivity index (χ3v) is 2.71. The Balaban J connectivity index is 2.41. The summed E-state index contributed by atoms with van der Waals surface area (Å²) in [5, 5.41) is 3.22. The first kappa shape index (κ1) is 11.6. The van der Waals surface area contributed by atoms with Crippen molar-refractivity contribution in [3.63, 3.8) is 0 Å². The maximum Gasteiger partial charge on any atom is 0.152 e. The van der Waals surface area contributed by atoms with E-state index in [1.54, 1.807) is 0 Å². The van der Waals surface area contributed by atoms with Crippen molar-refractivity contribution < 1.29 is 4.79 Å². The van der Waals surface area contributed by atoms with E-state index in [0.717, 1.165) is 19.6 Å². The first-order valence-corrected chi connectivity index (χ1v) is 5.35. The van der Waals surface area contributed by atoms with Crippen molar-refractivity contribution in [1.29, 1.82) is 0 Å². The zero-order valence-corrected chi connectivity index (χ0v) is 9.12. The fraction of sp³-hybridized carbons (Fsp3) is 0.900. The minimum absolute atomic E-state index is 0.0314. The van der Waals surface area contributed by atoms with Crippen LogP contribution in [0.5, 0.6) is 0 Å². The number of rotatable bonds is 5. The molecule has 0 bridgehead atoms. The molecule has 0 radical (unpaired) electrons. The Morgan fingerprint density at radius 2 is 2.36 bits per heavy atom. The van der Waals surface area contributed by atoms with Crippen LogP contribution in [0.4, 0.5) is 0 Å². The average Bonchev–Trinajstić information content (AvgIpc) is 2.51. The van der Waals surface area contributed by atoms with E-state index in [4.69, 9.17) is 5.73 Å². The summed E-state index contributed by atoms with van der Waals surface area (Å²) in [6.45, 7) is 7.41. The number of carbonyl (C=O) groups is 1. The zero-order chi connectivity index (χ0) is 10.6. The van der Waals surface area contributed by atoms with E-state index in [1.807, 2.05) is 0 Å². The van der Waals surface area contributed by atoms with Crippen molar-refractivity contribution in [1.82, 2.24) is 10.2 Å². The lowest BCUT2D eigenvalue weighted by atomic mass is 10.1. The van der Waals surface area contributed by atoms with Crippen molar-refractivity contribution in [2.75, 3.05) is 26.2 Å². The molecule has 1 rings (SSSR count). The van der Waals surface area contributed by atoms with Gasteiger partial charge < -0.3 is 11.1 Å². The molecule has 0 spiro atoms. The second-order valence-corrected chi connectivity index (χ2v) is 4.10. The Kier molecular flexibility index (Phi) is 4.51. The Hall–Kier alpha value is -0.450. The van der Waals surface area contributed by atoms with Gasteiger partial charge in [-0.2, -0.15) is 0 Å². The maximum atomic E-state index is 11.4. The van der Waals surface area contributed by atoms with Gasteiger partial charge in [-0.15, -0.1) is 0 Å². The van der Waals surface area contributed by atoms with Gasteiger partial charge in [0.25, 0.3) is 0 Å². The van der Waals surface area contributed by atoms with Crippen molar-refractivity contribution in [3.05, 3.63) is 0 Å². The third kappa shape index (κ3) is 3.04. The van der Waals surface area contributed by atoms with E-state index in [2.05, 4.69) is 24.1 Å². The maximum absolute atomic E-state index is 11.4. The molecule has 1 aliphatic heterocycles. The van der Waals surface area contributed by atoms with Crippen LogP contribution < -0.4 is 11.1 Å². The largest absolute Gasteiger partial charge is 0.329 e. The standard InChI is InChI=1S/C10H21N3O/c1-8(2)13(6-4-11)7-9-10(14)3-5-12-9/h8-9,12H,3-7,11H2,1-2H3. The van der Waals surface area contributed by atoms with Crippen LogP contribution >= 0.6 is 0 Å². The molecule has 0 amide bonds. The van der Waals surface area contributed by atoms with Crippen molar-refractivity contribution in [3.8, 4) is 0 Å². The predicted molar refractivity (Wildman–Crippen MR) is 57.2 cm³/mol. The van der Waals surface area contributed by atoms with Crippen LogP contribution in [0.15, 0.2) is 0 Å². The Labute approximate surface area is 85.8 Å². The van der Waals surface area contributed by atoms with Gasteiger partial charge in [0.2, 0.25) is 0 Å². The van der Waals surface area contributed by atoms with Gasteiger partial charge in [0, 0.05) is 38.6 Å². The molecule has 1 unspecified atom stereocenters. The molecule has 0 aliphatic carbocycles. The molecule has 4 heteroatoms. The van der Waals surface area contributed by atoms with Crippen LogP contribution in [0.3, 0.4) is 0 Å². The summed E-state index contributed by atoms with van der Waals surface area (Å²) in [7, 11) is 0. The molecule has 1 aliphatic rings. The van der Waals surface area contributed by atoms with E-state index in [9.17, 15) is 4.79 Å². The predicted octanol–water partition coefficient (Wildman–Crippen LogP) is -0.413. The van der Waals surface area contributed by atoms with Gasteiger partial charge in [0.1, 0.15) is 0 Å². The van der Waals surface area contributed by atoms with E-state index in [-0.39, 0.29) is 6.04 Å². The molecule has 0 aromatic rings. The first-order valence-electron chi connectivity index (χ1n) is 5.35. The average molecular weight is 199 g/mol. The minimum Gasteiger partial charge on any atom is -0.329 e. The summed E-state index contributed by atoms with van der Waals surface area (Å²) in [5.74, 6) is 0.340. The van der Waals surface area contributed by atoms with E-state index >= 15 is 0 Å². The summed E-state index contributed by atoms with van der Waals surface area (Å²) in [5.41, 5.74) is 5.53. The molecule has 1 fully saturated rings. The van der Waals surface area contributed by atoms with Crippen LogP contribution in [0.2, 0.25) is 0 Å². The van der Waals surface area contributed by atoms with Gasteiger partial charge in [-0.05, 0) is 13.8 Å². The number of carbonyl (C=O) groups excluding carboxylic acids is 1. The van der Waals surface area contributed by atoms with Crippen LogP contribution in [0.1, 0.15) is 20.3 Å². The van der Waals surface area contributed by atoms with Crippen LogP contribution in [0.25, 0.3) is 0 Å². The number of hydrogen-bond acceptors (Lipinski definition) is 4. The highest BCUT2D eigenvalue weighted by atomic mass is 16.1. The van der Waals surface area contributed by atoms with Gasteiger partial charge in [-0.25, -0.2) is 0 Å². The minimum atomic E-state index is 0.0314. The molecule has 0 saturated carbocycles. The van der Waals surface area contributed by atoms with Gasteiger partial charge in [0.15, 0.2) is 5.78 Å². The Bertz CT molecular complexity index is 194. The fourth-order valence-electron chi connectivity index (χ4n) is 1.78. The Morgan fingerprint density at radius 3 is 2.79 bits per heavy atom. The summed E-state index contributed by atoms with van der Waals surface area (Å²) in [4.78, 5) is 13.7. The SMILES string of the molecule is CC(C)N(CCN)CC1NCCC1=O. The number of nitrogens with two attached hydrogens (primary N) is 1. The molecule has 4 nitrogen and oxygen atoms in total. The molecule has 1 heterocycles. The highest BCUT2D eigenvalue weighted by molar-refractivity contribution is 5.86. The second kappa shape index (κ2) is 5.44. The highest BCUT2D eigenvalue weighted by Gasteiger charge is 2.26. The monoisotopic (exact) mass is 199 g/mol. The highest BCUT2D eigenvalue weighted by Crippen LogP contribution is 2.05. The molecular weight excluding hydrogens is 178 g/mol. The number of nitrogens with zero attached hydrogens (tertiary/aromatic N) is 1. The van der Waals surface area contributed by atoms with E-state index < -0.39 is 0 Å². The quantitative estimate of drug-likeness (QED) is 0.632. The molecular formula is C10H21N3O. The lowest BCUT2D eigenvalue weighted by Gasteiger charge is -2.28. The molecule has 1 saturated heterocycles. The lowest BCUT2D eigenvalue weighted by molar-refractivity contribution is -0.119. The van der Waals surface area contributed by atoms with E-state index in [0.29, 0.717) is 24.8 Å². The molecule has 0 aromatic carbocycles. The molecule has 14 heavy (non-hydrogen) atoms. The molecule has 0 aromatic heterocycles. The summed E-state index contributed by atoms with van der Waals surface area (Å²) in [6, 6.07) is 0.484. The molecule has 3 N–H and O–H groups in total. The van der Waals surface area contributed by atoms with Gasteiger partial charge in [0.05, 0.1) is 6.04 Å².